The molecule has 0 aliphatic carbocycles. The van der Waals surface area contributed by atoms with Crippen molar-refractivity contribution in [1.82, 2.24) is 10.2 Å². The highest BCUT2D eigenvalue weighted by molar-refractivity contribution is 6.33. The molecule has 5 nitrogen and oxygen atoms in total. The zero-order chi connectivity index (χ0) is 16.8. The van der Waals surface area contributed by atoms with Gasteiger partial charge >= 0.3 is 0 Å². The quantitative estimate of drug-likeness (QED) is 0.600. The topological polar surface area (TPSA) is 70.1 Å². The van der Waals surface area contributed by atoms with Gasteiger partial charge in [-0.15, -0.1) is 0 Å². The first-order chi connectivity index (χ1) is 11.0. The molecule has 2 N–H and O–H groups in total. The SMILES string of the molecule is CC(C)CC/C(=N\Nc1cn[nH]c(=O)c1Cl)c1ccc(Cl)cc1. The van der Waals surface area contributed by atoms with Gasteiger partial charge in [0.15, 0.2) is 0 Å². The van der Waals surface area contributed by atoms with E-state index >= 15 is 0 Å². The molecule has 0 unspecified atom stereocenters. The van der Waals surface area contributed by atoms with Crippen molar-refractivity contribution in [2.45, 2.75) is 26.7 Å². The zero-order valence-corrected chi connectivity index (χ0v) is 14.4. The Morgan fingerprint density at radius 3 is 2.65 bits per heavy atom. The molecule has 0 aliphatic rings. The maximum absolute atomic E-state index is 11.5. The average molecular weight is 353 g/mol. The third-order valence-electron chi connectivity index (χ3n) is 3.24. The molecule has 0 atom stereocenters. The number of H-pyrrole nitrogens is 1. The van der Waals surface area contributed by atoms with Crippen LogP contribution in [-0.2, 0) is 0 Å². The Morgan fingerprint density at radius 1 is 1.30 bits per heavy atom. The summed E-state index contributed by atoms with van der Waals surface area (Å²) in [4.78, 5) is 11.5. The Labute approximate surface area is 144 Å². The van der Waals surface area contributed by atoms with Crippen LogP contribution in [0.3, 0.4) is 0 Å². The van der Waals surface area contributed by atoms with Crippen LogP contribution < -0.4 is 11.0 Å². The van der Waals surface area contributed by atoms with E-state index in [1.54, 1.807) is 0 Å². The number of nitrogens with one attached hydrogen (secondary N) is 2. The molecule has 0 saturated heterocycles. The van der Waals surface area contributed by atoms with Gasteiger partial charge in [-0.05, 0) is 36.5 Å². The molecule has 1 aromatic carbocycles. The van der Waals surface area contributed by atoms with Crippen LogP contribution in [0.15, 0.2) is 40.4 Å². The molecule has 2 rings (SSSR count). The second-order valence-corrected chi connectivity index (χ2v) is 6.35. The standard InChI is InChI=1S/C16H18Cl2N4O/c1-10(2)3-8-13(11-4-6-12(17)7-5-11)20-21-14-9-19-22-16(23)15(14)18/h4-7,9-10H,3,8H2,1-2H3,(H2,21,22,23)/b20-13+. The van der Waals surface area contributed by atoms with Crippen molar-refractivity contribution in [2.75, 3.05) is 5.43 Å². The lowest BCUT2D eigenvalue weighted by atomic mass is 10.0. The Bertz CT molecular complexity index is 738. The Hall–Kier alpha value is -1.85. The molecule has 7 heteroatoms. The van der Waals surface area contributed by atoms with Crippen molar-refractivity contribution in [2.24, 2.45) is 11.0 Å². The van der Waals surface area contributed by atoms with Crippen LogP contribution in [0, 0.1) is 5.92 Å². The van der Waals surface area contributed by atoms with Gasteiger partial charge in [-0.25, -0.2) is 5.10 Å². The zero-order valence-electron chi connectivity index (χ0n) is 12.9. The molecule has 0 spiro atoms. The normalized spacial score (nSPS) is 11.8. The van der Waals surface area contributed by atoms with Crippen molar-refractivity contribution >= 4 is 34.6 Å². The Morgan fingerprint density at radius 2 is 2.00 bits per heavy atom. The van der Waals surface area contributed by atoms with E-state index in [2.05, 4.69) is 34.6 Å². The number of anilines is 1. The summed E-state index contributed by atoms with van der Waals surface area (Å²) in [5.74, 6) is 0.553. The summed E-state index contributed by atoms with van der Waals surface area (Å²) >= 11 is 11.9. The summed E-state index contributed by atoms with van der Waals surface area (Å²) in [7, 11) is 0. The Balaban J connectivity index is 2.26. The highest BCUT2D eigenvalue weighted by Gasteiger charge is 2.08. The molecule has 2 aromatic rings. The van der Waals surface area contributed by atoms with Crippen molar-refractivity contribution in [1.29, 1.82) is 0 Å². The molecule has 1 heterocycles. The number of hydrogen-bond donors (Lipinski definition) is 2. The predicted octanol–water partition coefficient (Wildman–Crippen LogP) is 4.33. The fraction of sp³-hybridized carbons (Fsp3) is 0.312. The summed E-state index contributed by atoms with van der Waals surface area (Å²) in [5, 5.41) is 11.1. The van der Waals surface area contributed by atoms with Gasteiger partial charge in [0.05, 0.1) is 11.9 Å². The molecule has 0 bridgehead atoms. The van der Waals surface area contributed by atoms with Crippen LogP contribution in [0.25, 0.3) is 0 Å². The molecule has 0 radical (unpaired) electrons. The number of rotatable bonds is 6. The second kappa shape index (κ2) is 8.13. The summed E-state index contributed by atoms with van der Waals surface area (Å²) < 4.78 is 0. The first-order valence-electron chi connectivity index (χ1n) is 7.29. The average Bonchev–Trinajstić information content (AvgIpc) is 2.52. The van der Waals surface area contributed by atoms with Crippen LogP contribution in [0.4, 0.5) is 5.69 Å². The van der Waals surface area contributed by atoms with E-state index in [4.69, 9.17) is 23.2 Å². The van der Waals surface area contributed by atoms with Crippen LogP contribution in [0.1, 0.15) is 32.3 Å². The highest BCUT2D eigenvalue weighted by atomic mass is 35.5. The van der Waals surface area contributed by atoms with E-state index in [1.165, 1.54) is 6.20 Å². The second-order valence-electron chi connectivity index (χ2n) is 5.54. The summed E-state index contributed by atoms with van der Waals surface area (Å²) in [5.41, 5.74) is 4.58. The van der Waals surface area contributed by atoms with E-state index in [0.717, 1.165) is 24.1 Å². The Kier molecular flexibility index (Phi) is 6.19. The maximum atomic E-state index is 11.5. The largest absolute Gasteiger partial charge is 0.285 e. The van der Waals surface area contributed by atoms with Gasteiger partial charge in [0.25, 0.3) is 5.56 Å². The monoisotopic (exact) mass is 352 g/mol. The van der Waals surface area contributed by atoms with Crippen LogP contribution in [-0.4, -0.2) is 15.9 Å². The highest BCUT2D eigenvalue weighted by Crippen LogP contribution is 2.17. The molecule has 122 valence electrons. The van der Waals surface area contributed by atoms with Gasteiger partial charge in [0.2, 0.25) is 0 Å². The van der Waals surface area contributed by atoms with Gasteiger partial charge in [0.1, 0.15) is 10.7 Å². The first-order valence-corrected chi connectivity index (χ1v) is 8.04. The van der Waals surface area contributed by atoms with Crippen LogP contribution >= 0.6 is 23.2 Å². The third-order valence-corrected chi connectivity index (χ3v) is 3.87. The van der Waals surface area contributed by atoms with Crippen molar-refractivity contribution < 1.29 is 0 Å². The smallest absolute Gasteiger partial charge is 0.275 e. The van der Waals surface area contributed by atoms with Crippen LogP contribution in [0.2, 0.25) is 10.0 Å². The summed E-state index contributed by atoms with van der Waals surface area (Å²) in [6, 6.07) is 7.48. The molecule has 1 aromatic heterocycles. The molecular formula is C16H18Cl2N4O. The van der Waals surface area contributed by atoms with E-state index in [-0.39, 0.29) is 5.02 Å². The van der Waals surface area contributed by atoms with Gasteiger partial charge < -0.3 is 0 Å². The minimum atomic E-state index is -0.456. The summed E-state index contributed by atoms with van der Waals surface area (Å²) in [6.07, 6.45) is 3.21. The van der Waals surface area contributed by atoms with Gasteiger partial charge in [-0.2, -0.15) is 10.2 Å². The van der Waals surface area contributed by atoms with Crippen molar-refractivity contribution in [3.63, 3.8) is 0 Å². The van der Waals surface area contributed by atoms with Crippen molar-refractivity contribution in [3.8, 4) is 0 Å². The lowest BCUT2D eigenvalue weighted by Crippen LogP contribution is -2.11. The molecule has 0 amide bonds. The lowest BCUT2D eigenvalue weighted by Gasteiger charge is -2.10. The van der Waals surface area contributed by atoms with Gasteiger partial charge in [0, 0.05) is 5.02 Å². The molecule has 0 fully saturated rings. The van der Waals surface area contributed by atoms with Gasteiger partial charge in [-0.3, -0.25) is 10.2 Å². The fourth-order valence-electron chi connectivity index (χ4n) is 1.92. The molecule has 23 heavy (non-hydrogen) atoms. The summed E-state index contributed by atoms with van der Waals surface area (Å²) in [6.45, 7) is 4.31. The fourth-order valence-corrected chi connectivity index (χ4v) is 2.18. The minimum Gasteiger partial charge on any atom is -0.275 e. The first kappa shape index (κ1) is 17.5. The van der Waals surface area contributed by atoms with Crippen molar-refractivity contribution in [3.05, 3.63) is 56.4 Å². The lowest BCUT2D eigenvalue weighted by molar-refractivity contribution is 0.603. The van der Waals surface area contributed by atoms with Crippen LogP contribution in [0.5, 0.6) is 0 Å². The molecule has 0 saturated carbocycles. The number of hydrazone groups is 1. The van der Waals surface area contributed by atoms with E-state index in [1.807, 2.05) is 24.3 Å². The minimum absolute atomic E-state index is 0.0306. The predicted molar refractivity (Wildman–Crippen MR) is 95.6 cm³/mol. The number of hydrogen-bond acceptors (Lipinski definition) is 4. The molecule has 0 aliphatic heterocycles. The van der Waals surface area contributed by atoms with E-state index in [0.29, 0.717) is 16.6 Å². The van der Waals surface area contributed by atoms with Gasteiger partial charge in [-0.1, -0.05) is 49.2 Å². The number of nitrogens with zero attached hydrogens (tertiary/aromatic N) is 2. The number of benzene rings is 1. The molecular weight excluding hydrogens is 335 g/mol. The third kappa shape index (κ3) is 5.08. The number of halogens is 2. The number of aromatic amines is 1. The number of aromatic nitrogens is 2. The van der Waals surface area contributed by atoms with E-state index in [9.17, 15) is 4.79 Å². The van der Waals surface area contributed by atoms with E-state index < -0.39 is 5.56 Å². The maximum Gasteiger partial charge on any atom is 0.285 e.